The largest absolute Gasteiger partial charge is 0.313 e. The maximum absolute atomic E-state index is 13.3. The maximum Gasteiger partial charge on any atom is 0.260 e. The molecule has 1 N–H and O–H groups in total. The summed E-state index contributed by atoms with van der Waals surface area (Å²) in [6.07, 6.45) is 1.25. The Bertz CT molecular complexity index is 1190. The van der Waals surface area contributed by atoms with Crippen LogP contribution in [0.2, 0.25) is 0 Å². The SMILES string of the molecule is Cc1cnc(NC(=O)CCN2C(=O)c3ccccc3N3C(=O)c4ccccc4C23)s1. The number of thiazole rings is 1. The van der Waals surface area contributed by atoms with Crippen molar-refractivity contribution in [3.63, 3.8) is 0 Å². The van der Waals surface area contributed by atoms with E-state index in [1.807, 2.05) is 31.2 Å². The number of aryl methyl sites for hydroxylation is 1. The minimum atomic E-state index is -0.550. The number of amides is 3. The highest BCUT2D eigenvalue weighted by Gasteiger charge is 2.47. The third-order valence-corrected chi connectivity index (χ3v) is 6.16. The van der Waals surface area contributed by atoms with Crippen molar-refractivity contribution in [2.45, 2.75) is 19.5 Å². The molecular formula is C22H18N4O3S. The standard InChI is InChI=1S/C22H18N4O3S/c1-13-12-23-22(30-13)24-18(27)10-11-25-19-14-6-2-3-7-15(14)21(29)26(19)17-9-5-4-8-16(17)20(25)28/h2-9,12,19H,10-11H2,1H3,(H,23,24,27). The second-order valence-corrected chi connectivity index (χ2v) is 8.46. The first kappa shape index (κ1) is 18.5. The van der Waals surface area contributed by atoms with Gasteiger partial charge in [0.25, 0.3) is 11.8 Å². The van der Waals surface area contributed by atoms with Gasteiger partial charge >= 0.3 is 0 Å². The van der Waals surface area contributed by atoms with E-state index in [0.29, 0.717) is 21.9 Å². The van der Waals surface area contributed by atoms with Gasteiger partial charge in [-0.15, -0.1) is 11.3 Å². The number of anilines is 2. The molecule has 30 heavy (non-hydrogen) atoms. The molecule has 0 spiro atoms. The normalized spacial score (nSPS) is 16.9. The molecule has 2 aliphatic rings. The number of nitrogens with zero attached hydrogens (tertiary/aromatic N) is 3. The van der Waals surface area contributed by atoms with E-state index in [9.17, 15) is 14.4 Å². The van der Waals surface area contributed by atoms with Crippen LogP contribution in [0.3, 0.4) is 0 Å². The number of carbonyl (C=O) groups is 3. The van der Waals surface area contributed by atoms with Crippen molar-refractivity contribution in [1.29, 1.82) is 0 Å². The molecule has 3 heterocycles. The van der Waals surface area contributed by atoms with Gasteiger partial charge in [-0.3, -0.25) is 19.3 Å². The van der Waals surface area contributed by atoms with E-state index >= 15 is 0 Å². The minimum Gasteiger partial charge on any atom is -0.313 e. The lowest BCUT2D eigenvalue weighted by Gasteiger charge is -2.40. The van der Waals surface area contributed by atoms with Crippen molar-refractivity contribution in [3.8, 4) is 0 Å². The molecule has 0 bridgehead atoms. The second kappa shape index (κ2) is 7.07. The monoisotopic (exact) mass is 418 g/mol. The van der Waals surface area contributed by atoms with Crippen LogP contribution in [0, 0.1) is 6.92 Å². The van der Waals surface area contributed by atoms with E-state index in [0.717, 1.165) is 10.4 Å². The third kappa shape index (κ3) is 2.88. The van der Waals surface area contributed by atoms with Gasteiger partial charge in [0.15, 0.2) is 5.13 Å². The number of benzene rings is 2. The van der Waals surface area contributed by atoms with Gasteiger partial charge < -0.3 is 10.2 Å². The number of hydrogen-bond donors (Lipinski definition) is 1. The van der Waals surface area contributed by atoms with Crippen molar-refractivity contribution in [3.05, 3.63) is 76.3 Å². The fourth-order valence-corrected chi connectivity index (χ4v) is 4.70. The van der Waals surface area contributed by atoms with E-state index in [1.165, 1.54) is 11.3 Å². The number of hydrogen-bond acceptors (Lipinski definition) is 5. The molecule has 1 unspecified atom stereocenters. The average molecular weight is 418 g/mol. The molecule has 5 rings (SSSR count). The zero-order chi connectivity index (χ0) is 20.8. The summed E-state index contributed by atoms with van der Waals surface area (Å²) in [7, 11) is 0. The lowest BCUT2D eigenvalue weighted by Crippen LogP contribution is -2.48. The lowest BCUT2D eigenvalue weighted by atomic mass is 10.0. The molecule has 8 heteroatoms. The molecule has 2 aliphatic heterocycles. The van der Waals surface area contributed by atoms with Crippen molar-refractivity contribution < 1.29 is 14.4 Å². The van der Waals surface area contributed by atoms with Gasteiger partial charge in [0.2, 0.25) is 5.91 Å². The summed E-state index contributed by atoms with van der Waals surface area (Å²) in [6.45, 7) is 2.10. The first-order valence-corrected chi connectivity index (χ1v) is 10.4. The molecule has 0 fully saturated rings. The predicted molar refractivity (Wildman–Crippen MR) is 114 cm³/mol. The van der Waals surface area contributed by atoms with Crippen molar-refractivity contribution >= 4 is 39.9 Å². The third-order valence-electron chi connectivity index (χ3n) is 5.33. The summed E-state index contributed by atoms with van der Waals surface area (Å²) in [4.78, 5) is 47.3. The summed E-state index contributed by atoms with van der Waals surface area (Å²) >= 11 is 1.40. The Morgan fingerprint density at radius 3 is 2.57 bits per heavy atom. The summed E-state index contributed by atoms with van der Waals surface area (Å²) in [5, 5.41) is 3.31. The van der Waals surface area contributed by atoms with Crippen molar-refractivity contribution in [2.75, 3.05) is 16.8 Å². The number of para-hydroxylation sites is 1. The van der Waals surface area contributed by atoms with E-state index in [2.05, 4.69) is 10.3 Å². The first-order chi connectivity index (χ1) is 14.5. The van der Waals surface area contributed by atoms with Crippen LogP contribution >= 0.6 is 11.3 Å². The fraction of sp³-hybridized carbons (Fsp3) is 0.182. The Morgan fingerprint density at radius 2 is 1.80 bits per heavy atom. The van der Waals surface area contributed by atoms with Gasteiger partial charge in [-0.1, -0.05) is 30.3 Å². The van der Waals surface area contributed by atoms with Crippen molar-refractivity contribution in [1.82, 2.24) is 9.88 Å². The van der Waals surface area contributed by atoms with Gasteiger partial charge in [0.05, 0.1) is 11.3 Å². The molecule has 3 aromatic rings. The van der Waals surface area contributed by atoms with Crippen molar-refractivity contribution in [2.24, 2.45) is 0 Å². The molecule has 2 aromatic carbocycles. The highest BCUT2D eigenvalue weighted by molar-refractivity contribution is 7.15. The van der Waals surface area contributed by atoms with Gasteiger partial charge in [0.1, 0.15) is 6.17 Å². The molecule has 0 saturated heterocycles. The van der Waals surface area contributed by atoms with Crippen LogP contribution in [0.1, 0.15) is 43.7 Å². The van der Waals surface area contributed by atoms with Crippen LogP contribution < -0.4 is 10.2 Å². The topological polar surface area (TPSA) is 82.6 Å². The molecule has 0 radical (unpaired) electrons. The Hall–Kier alpha value is -3.52. The van der Waals surface area contributed by atoms with Gasteiger partial charge in [-0.2, -0.15) is 0 Å². The molecule has 7 nitrogen and oxygen atoms in total. The van der Waals surface area contributed by atoms with Crippen LogP contribution in [0.4, 0.5) is 10.8 Å². The smallest absolute Gasteiger partial charge is 0.260 e. The number of fused-ring (bicyclic) bond motifs is 5. The number of aromatic nitrogens is 1. The van der Waals surface area contributed by atoms with Crippen LogP contribution in [0.25, 0.3) is 0 Å². The van der Waals surface area contributed by atoms with Crippen LogP contribution in [0.15, 0.2) is 54.7 Å². The van der Waals surface area contributed by atoms with Gasteiger partial charge in [0, 0.05) is 35.2 Å². The molecule has 0 saturated carbocycles. The Labute approximate surface area is 177 Å². The van der Waals surface area contributed by atoms with E-state index in [4.69, 9.17) is 0 Å². The van der Waals surface area contributed by atoms with Gasteiger partial charge in [-0.25, -0.2) is 4.98 Å². The highest BCUT2D eigenvalue weighted by Crippen LogP contribution is 2.45. The number of carbonyl (C=O) groups excluding carboxylic acids is 3. The summed E-state index contributed by atoms with van der Waals surface area (Å²) in [5.74, 6) is -0.544. The van der Waals surface area contributed by atoms with E-state index in [1.54, 1.807) is 40.3 Å². The molecule has 3 amide bonds. The van der Waals surface area contributed by atoms with E-state index < -0.39 is 6.17 Å². The summed E-state index contributed by atoms with van der Waals surface area (Å²) < 4.78 is 0. The second-order valence-electron chi connectivity index (χ2n) is 7.23. The van der Waals surface area contributed by atoms with Crippen LogP contribution in [-0.4, -0.2) is 34.2 Å². The number of rotatable bonds is 4. The Morgan fingerprint density at radius 1 is 1.07 bits per heavy atom. The fourth-order valence-electron chi connectivity index (χ4n) is 4.02. The summed E-state index contributed by atoms with van der Waals surface area (Å²) in [5.41, 5.74) is 2.43. The van der Waals surface area contributed by atoms with Crippen LogP contribution in [-0.2, 0) is 4.79 Å². The Balaban J connectivity index is 1.46. The van der Waals surface area contributed by atoms with Gasteiger partial charge in [-0.05, 0) is 25.1 Å². The van der Waals surface area contributed by atoms with E-state index in [-0.39, 0.29) is 30.7 Å². The quantitative estimate of drug-likeness (QED) is 0.702. The van der Waals surface area contributed by atoms with Crippen LogP contribution in [0.5, 0.6) is 0 Å². The Kier molecular flexibility index (Phi) is 4.36. The number of nitrogens with one attached hydrogen (secondary N) is 1. The minimum absolute atomic E-state index is 0.104. The zero-order valence-corrected chi connectivity index (χ0v) is 17.0. The first-order valence-electron chi connectivity index (χ1n) is 9.59. The molecule has 0 aliphatic carbocycles. The molecule has 150 valence electrons. The predicted octanol–water partition coefficient (Wildman–Crippen LogP) is 3.60. The zero-order valence-electron chi connectivity index (χ0n) is 16.2. The average Bonchev–Trinajstić information content (AvgIpc) is 3.29. The highest BCUT2D eigenvalue weighted by atomic mass is 32.1. The molecule has 1 aromatic heterocycles. The maximum atomic E-state index is 13.3. The molecular weight excluding hydrogens is 400 g/mol. The summed E-state index contributed by atoms with van der Waals surface area (Å²) in [6, 6.07) is 14.4. The lowest BCUT2D eigenvalue weighted by molar-refractivity contribution is -0.116. The molecule has 1 atom stereocenters.